The molecule has 5 rings (SSSR count). The minimum Gasteiger partial charge on any atom is -0.481 e. The molecule has 0 bridgehead atoms. The van der Waals surface area contributed by atoms with Gasteiger partial charge in [0.15, 0.2) is 0 Å². The number of halogens is 2. The maximum atomic E-state index is 15.8. The number of ether oxygens (including phenoxy) is 2. The third-order valence-corrected chi connectivity index (χ3v) is 11.1. The van der Waals surface area contributed by atoms with Gasteiger partial charge in [0, 0.05) is 53.9 Å². The highest BCUT2D eigenvalue weighted by atomic mass is 35.5. The number of nitrogens with zero attached hydrogens (tertiary/aromatic N) is 3. The van der Waals surface area contributed by atoms with E-state index in [4.69, 9.17) is 26.8 Å². The minimum absolute atomic E-state index is 0.0130. The summed E-state index contributed by atoms with van der Waals surface area (Å²) >= 11 is 6.15. The second-order valence-electron chi connectivity index (χ2n) is 11.9. The zero-order valence-corrected chi connectivity index (χ0v) is 29.4. The van der Waals surface area contributed by atoms with Crippen LogP contribution in [-0.2, 0) is 26.0 Å². The summed E-state index contributed by atoms with van der Waals surface area (Å²) in [6.45, 7) is 2.57. The van der Waals surface area contributed by atoms with Crippen LogP contribution >= 0.6 is 11.6 Å². The Hall–Kier alpha value is -4.40. The lowest BCUT2D eigenvalue weighted by Gasteiger charge is -2.40. The molecule has 1 aliphatic rings. The first-order valence-electron chi connectivity index (χ1n) is 16.0. The number of imide groups is 1. The van der Waals surface area contributed by atoms with Gasteiger partial charge < -0.3 is 20.5 Å². The number of nitrogens with one attached hydrogen (secondary N) is 1. The average molecular weight is 724 g/mol. The summed E-state index contributed by atoms with van der Waals surface area (Å²) in [6.07, 6.45) is 0.620. The second-order valence-corrected chi connectivity index (χ2v) is 14.2. The Balaban J connectivity index is 1.50. The molecule has 0 saturated carbocycles. The van der Waals surface area contributed by atoms with Crippen LogP contribution in [0.1, 0.15) is 36.0 Å². The van der Waals surface area contributed by atoms with E-state index in [0.717, 1.165) is 12.0 Å². The van der Waals surface area contributed by atoms with Crippen molar-refractivity contribution in [3.63, 3.8) is 0 Å². The maximum absolute atomic E-state index is 15.8. The predicted octanol–water partition coefficient (Wildman–Crippen LogP) is 5.13. The summed E-state index contributed by atoms with van der Waals surface area (Å²) in [5.74, 6) is -2.00. The van der Waals surface area contributed by atoms with Gasteiger partial charge in [-0.25, -0.2) is 27.5 Å². The molecule has 1 aliphatic heterocycles. The van der Waals surface area contributed by atoms with E-state index in [0.29, 0.717) is 35.1 Å². The quantitative estimate of drug-likeness (QED) is 0.215. The van der Waals surface area contributed by atoms with E-state index >= 15 is 4.39 Å². The molecule has 3 aromatic carbocycles. The van der Waals surface area contributed by atoms with E-state index in [-0.39, 0.29) is 35.0 Å². The van der Waals surface area contributed by atoms with Crippen LogP contribution in [0.25, 0.3) is 0 Å². The molecule has 2 amide bonds. The van der Waals surface area contributed by atoms with Crippen molar-refractivity contribution < 1.29 is 31.9 Å². The number of rotatable bonds is 11. The van der Waals surface area contributed by atoms with E-state index < -0.39 is 45.8 Å². The smallest absolute Gasteiger partial charge is 0.420 e. The molecule has 4 aromatic rings. The first-order chi connectivity index (χ1) is 24.0. The molecule has 4 atom stereocenters. The van der Waals surface area contributed by atoms with Gasteiger partial charge in [0.2, 0.25) is 15.9 Å². The van der Waals surface area contributed by atoms with Gasteiger partial charge in [0.05, 0.1) is 30.8 Å². The van der Waals surface area contributed by atoms with E-state index in [1.807, 2.05) is 6.92 Å². The Bertz CT molecular complexity index is 1900. The molecule has 50 heavy (non-hydrogen) atoms. The van der Waals surface area contributed by atoms with E-state index in [9.17, 15) is 18.0 Å². The third-order valence-electron chi connectivity index (χ3n) is 8.77. The first kappa shape index (κ1) is 36.9. The van der Waals surface area contributed by atoms with Gasteiger partial charge >= 0.3 is 6.09 Å². The number of sulfonamides is 1. The molecule has 3 N–H and O–H groups in total. The van der Waals surface area contributed by atoms with Gasteiger partial charge in [-0.2, -0.15) is 4.31 Å². The van der Waals surface area contributed by atoms with Crippen molar-refractivity contribution in [2.75, 3.05) is 32.2 Å². The summed E-state index contributed by atoms with van der Waals surface area (Å²) in [5.41, 5.74) is 7.85. The lowest BCUT2D eigenvalue weighted by Crippen LogP contribution is -2.58. The van der Waals surface area contributed by atoms with Crippen LogP contribution in [0.2, 0.25) is 5.02 Å². The summed E-state index contributed by atoms with van der Waals surface area (Å²) < 4.78 is 55.0. The SMILES string of the molecule is COC(=O)N(C(=O)[C@@H](N)[C@@H](c1ccc(Cl)cc1)c1ccc(OC)nc1)c1cccc(F)c1CC[C@H]1CNC[C@H](C)N1S(=O)(=O)c1ccccc1. The molecule has 2 heterocycles. The number of pyridine rings is 1. The number of hydrogen-bond acceptors (Lipinski definition) is 9. The summed E-state index contributed by atoms with van der Waals surface area (Å²) in [7, 11) is -1.30. The highest BCUT2D eigenvalue weighted by Crippen LogP contribution is 2.34. The lowest BCUT2D eigenvalue weighted by molar-refractivity contribution is -0.119. The predicted molar refractivity (Wildman–Crippen MR) is 188 cm³/mol. The Labute approximate surface area is 296 Å². The second kappa shape index (κ2) is 16.1. The molecule has 0 aliphatic carbocycles. The Morgan fingerprint density at radius 1 is 1.02 bits per heavy atom. The van der Waals surface area contributed by atoms with Crippen LogP contribution in [0.5, 0.6) is 5.88 Å². The van der Waals surface area contributed by atoms with Crippen molar-refractivity contribution in [2.45, 2.75) is 48.7 Å². The maximum Gasteiger partial charge on any atom is 0.420 e. The number of carbonyl (C=O) groups is 2. The number of carbonyl (C=O) groups excluding carboxylic acids is 2. The number of aromatic nitrogens is 1. The number of amides is 2. The molecule has 264 valence electrons. The highest BCUT2D eigenvalue weighted by molar-refractivity contribution is 7.89. The average Bonchev–Trinajstić information content (AvgIpc) is 3.12. The fraction of sp³-hybridized carbons (Fsp3) is 0.306. The molecule has 1 fully saturated rings. The number of anilines is 1. The van der Waals surface area contributed by atoms with Gasteiger partial charge in [-0.05, 0) is 67.3 Å². The van der Waals surface area contributed by atoms with Gasteiger partial charge in [-0.15, -0.1) is 0 Å². The van der Waals surface area contributed by atoms with Gasteiger partial charge in [-0.3, -0.25) is 4.79 Å². The molecule has 11 nitrogen and oxygen atoms in total. The molecular weight excluding hydrogens is 685 g/mol. The molecular formula is C36H39ClFN5O6S. The van der Waals surface area contributed by atoms with Gasteiger partial charge in [0.25, 0.3) is 5.91 Å². The lowest BCUT2D eigenvalue weighted by atomic mass is 9.85. The largest absolute Gasteiger partial charge is 0.481 e. The monoisotopic (exact) mass is 723 g/mol. The van der Waals surface area contributed by atoms with Crippen LogP contribution in [0.4, 0.5) is 14.9 Å². The fourth-order valence-corrected chi connectivity index (χ4v) is 8.35. The number of methoxy groups -OCH3 is 2. The highest BCUT2D eigenvalue weighted by Gasteiger charge is 2.39. The van der Waals surface area contributed by atoms with Crippen molar-refractivity contribution in [3.8, 4) is 5.88 Å². The van der Waals surface area contributed by atoms with Crippen molar-refractivity contribution >= 4 is 39.3 Å². The Morgan fingerprint density at radius 3 is 2.36 bits per heavy atom. The normalized spacial score (nSPS) is 17.8. The van der Waals surface area contributed by atoms with Gasteiger partial charge in [0.1, 0.15) is 5.82 Å². The zero-order valence-electron chi connectivity index (χ0n) is 27.8. The van der Waals surface area contributed by atoms with Crippen molar-refractivity contribution in [1.29, 1.82) is 0 Å². The Kier molecular flexibility index (Phi) is 11.9. The van der Waals surface area contributed by atoms with Crippen molar-refractivity contribution in [1.82, 2.24) is 14.6 Å². The number of hydrogen-bond donors (Lipinski definition) is 2. The van der Waals surface area contributed by atoms with Crippen LogP contribution in [-0.4, -0.2) is 75.1 Å². The zero-order chi connectivity index (χ0) is 36.0. The van der Waals surface area contributed by atoms with E-state index in [1.165, 1.54) is 35.8 Å². The van der Waals surface area contributed by atoms with Crippen molar-refractivity contribution in [2.24, 2.45) is 5.73 Å². The molecule has 14 heteroatoms. The summed E-state index contributed by atoms with van der Waals surface area (Å²) in [5, 5.41) is 3.74. The van der Waals surface area contributed by atoms with E-state index in [1.54, 1.807) is 66.7 Å². The fourth-order valence-electron chi connectivity index (χ4n) is 6.35. The number of benzene rings is 3. The molecule has 1 aromatic heterocycles. The molecule has 0 radical (unpaired) electrons. The summed E-state index contributed by atoms with van der Waals surface area (Å²) in [4.78, 5) is 33.0. The van der Waals surface area contributed by atoms with Crippen LogP contribution < -0.4 is 20.7 Å². The van der Waals surface area contributed by atoms with Crippen LogP contribution in [0.3, 0.4) is 0 Å². The molecule has 0 spiro atoms. The number of piperazine rings is 1. The first-order valence-corrected chi connectivity index (χ1v) is 17.8. The summed E-state index contributed by atoms with van der Waals surface area (Å²) in [6, 6.07) is 19.9. The minimum atomic E-state index is -3.89. The standard InChI is InChI=1S/C36H39ClFN5O6S/c1-23-20-40-22-27(43(23)50(46,47)28-8-5-4-6-9-28)17-18-29-30(38)10-7-11-31(29)42(36(45)49-3)35(44)34(39)33(24-12-15-26(37)16-13-24)25-14-19-32(48-2)41-21-25/h4-16,19,21,23,27,33-34,40H,17-18,20,22,39H2,1-3H3/t23-,27-,33-,34-/m0/s1. The van der Waals surface area contributed by atoms with Crippen LogP contribution in [0, 0.1) is 5.82 Å². The number of nitrogens with two attached hydrogens (primary N) is 1. The topological polar surface area (TPSA) is 144 Å². The van der Waals surface area contributed by atoms with E-state index in [2.05, 4.69) is 10.3 Å². The van der Waals surface area contributed by atoms with Gasteiger partial charge in [-0.1, -0.05) is 54.1 Å². The Morgan fingerprint density at radius 2 is 1.72 bits per heavy atom. The van der Waals surface area contributed by atoms with Crippen LogP contribution in [0.15, 0.2) is 96.0 Å². The molecule has 1 saturated heterocycles. The third kappa shape index (κ3) is 7.82. The molecule has 0 unspecified atom stereocenters. The van der Waals surface area contributed by atoms with Crippen molar-refractivity contribution in [3.05, 3.63) is 119 Å².